The lowest BCUT2D eigenvalue weighted by Gasteiger charge is -2.27. The Morgan fingerprint density at radius 3 is 2.27 bits per heavy atom. The summed E-state index contributed by atoms with van der Waals surface area (Å²) in [6.07, 6.45) is -0.684. The molecule has 0 aliphatic rings. The highest BCUT2D eigenvalue weighted by Crippen LogP contribution is 2.16. The van der Waals surface area contributed by atoms with E-state index in [1.54, 1.807) is 41.5 Å². The molecule has 0 heterocycles. The van der Waals surface area contributed by atoms with Crippen LogP contribution in [0.1, 0.15) is 59.9 Å². The molecule has 30 heavy (non-hydrogen) atoms. The third-order valence-corrected chi connectivity index (χ3v) is 4.07. The maximum absolute atomic E-state index is 12.2. The second-order valence-electron chi connectivity index (χ2n) is 9.35. The van der Waals surface area contributed by atoms with Crippen LogP contribution in [0.2, 0.25) is 0 Å². The van der Waals surface area contributed by atoms with Crippen molar-refractivity contribution in [3.63, 3.8) is 0 Å². The lowest BCUT2D eigenvalue weighted by Crippen LogP contribution is -2.48. The Hall–Kier alpha value is -2.12. The van der Waals surface area contributed by atoms with E-state index in [9.17, 15) is 14.7 Å². The molecule has 0 aromatic heterocycles. The predicted molar refractivity (Wildman–Crippen MR) is 115 cm³/mol. The maximum atomic E-state index is 12.2. The van der Waals surface area contributed by atoms with Gasteiger partial charge < -0.3 is 24.6 Å². The van der Waals surface area contributed by atoms with Crippen LogP contribution in [0.25, 0.3) is 0 Å². The standard InChI is InChI=1S/C23H37NO6/c1-22(2,3)20(26)29-14-10-13-19(25)18(24-21(27)30-23(4,5)6)16-28-15-17-11-8-7-9-12-17/h7-9,11-12,18-19,25H,10,13-16H2,1-6H3,(H,24,27)/t18-,19+/m1/s1. The van der Waals surface area contributed by atoms with Crippen LogP contribution in [0.3, 0.4) is 0 Å². The fourth-order valence-corrected chi connectivity index (χ4v) is 2.46. The zero-order chi connectivity index (χ0) is 22.8. The average Bonchev–Trinajstić information content (AvgIpc) is 2.62. The van der Waals surface area contributed by atoms with Gasteiger partial charge in [0.15, 0.2) is 0 Å². The SMILES string of the molecule is CC(C)(C)OC(=O)N[C@H](COCc1ccccc1)[C@@H](O)CCCOC(=O)C(C)(C)C. The van der Waals surface area contributed by atoms with Crippen LogP contribution in [-0.2, 0) is 25.6 Å². The lowest BCUT2D eigenvalue weighted by molar-refractivity contribution is -0.153. The van der Waals surface area contributed by atoms with Gasteiger partial charge in [-0.2, -0.15) is 0 Å². The van der Waals surface area contributed by atoms with Gasteiger partial charge in [-0.25, -0.2) is 4.79 Å². The monoisotopic (exact) mass is 423 g/mol. The number of alkyl carbamates (subject to hydrolysis) is 1. The molecule has 0 aliphatic carbocycles. The van der Waals surface area contributed by atoms with E-state index in [4.69, 9.17) is 14.2 Å². The number of hydrogen-bond acceptors (Lipinski definition) is 6. The van der Waals surface area contributed by atoms with Crippen molar-refractivity contribution in [3.05, 3.63) is 35.9 Å². The van der Waals surface area contributed by atoms with Gasteiger partial charge in [-0.1, -0.05) is 30.3 Å². The van der Waals surface area contributed by atoms with E-state index in [1.807, 2.05) is 30.3 Å². The first-order chi connectivity index (χ1) is 13.9. The lowest BCUT2D eigenvalue weighted by atomic mass is 9.97. The molecular weight excluding hydrogens is 386 g/mol. The number of esters is 1. The van der Waals surface area contributed by atoms with E-state index < -0.39 is 29.3 Å². The van der Waals surface area contributed by atoms with Gasteiger partial charge in [0.2, 0.25) is 0 Å². The Morgan fingerprint density at radius 2 is 1.70 bits per heavy atom. The molecule has 0 saturated heterocycles. The van der Waals surface area contributed by atoms with Gasteiger partial charge in [-0.05, 0) is 59.9 Å². The number of aliphatic hydroxyl groups is 1. The van der Waals surface area contributed by atoms with Crippen LogP contribution < -0.4 is 5.32 Å². The van der Waals surface area contributed by atoms with E-state index in [1.165, 1.54) is 0 Å². The second-order valence-corrected chi connectivity index (χ2v) is 9.35. The average molecular weight is 424 g/mol. The van der Waals surface area contributed by atoms with Crippen LogP contribution in [0.15, 0.2) is 30.3 Å². The minimum absolute atomic E-state index is 0.122. The molecule has 0 saturated carbocycles. The molecule has 170 valence electrons. The molecule has 2 N–H and O–H groups in total. The number of aliphatic hydroxyl groups excluding tert-OH is 1. The summed E-state index contributed by atoms with van der Waals surface area (Å²) in [5, 5.41) is 13.3. The molecule has 0 spiro atoms. The molecule has 0 radical (unpaired) electrons. The molecule has 7 heteroatoms. The summed E-state index contributed by atoms with van der Waals surface area (Å²) in [6, 6.07) is 8.99. The second kappa shape index (κ2) is 11.9. The first kappa shape index (κ1) is 25.9. The van der Waals surface area contributed by atoms with Crippen molar-refractivity contribution in [2.75, 3.05) is 13.2 Å². The summed E-state index contributed by atoms with van der Waals surface area (Å²) in [6.45, 7) is 11.4. The zero-order valence-electron chi connectivity index (χ0n) is 19.1. The van der Waals surface area contributed by atoms with Crippen molar-refractivity contribution in [2.24, 2.45) is 5.41 Å². The summed E-state index contributed by atoms with van der Waals surface area (Å²) in [7, 11) is 0. The summed E-state index contributed by atoms with van der Waals surface area (Å²) in [5.74, 6) is -0.286. The maximum Gasteiger partial charge on any atom is 0.408 e. The molecular formula is C23H37NO6. The fourth-order valence-electron chi connectivity index (χ4n) is 2.46. The number of nitrogens with one attached hydrogen (secondary N) is 1. The number of carbonyl (C=O) groups excluding carboxylic acids is 2. The van der Waals surface area contributed by atoms with Gasteiger partial charge in [0.1, 0.15) is 5.60 Å². The third-order valence-electron chi connectivity index (χ3n) is 4.07. The number of amides is 1. The van der Waals surface area contributed by atoms with Gasteiger partial charge in [0.25, 0.3) is 0 Å². The normalized spacial score (nSPS) is 14.0. The molecule has 1 aromatic carbocycles. The summed E-state index contributed by atoms with van der Waals surface area (Å²) >= 11 is 0. The van der Waals surface area contributed by atoms with Gasteiger partial charge >= 0.3 is 12.1 Å². The Morgan fingerprint density at radius 1 is 1.07 bits per heavy atom. The Labute approximate surface area is 180 Å². The molecule has 0 aliphatic heterocycles. The van der Waals surface area contributed by atoms with E-state index >= 15 is 0 Å². The third kappa shape index (κ3) is 11.2. The van der Waals surface area contributed by atoms with Gasteiger partial charge in [0.05, 0.1) is 37.4 Å². The molecule has 1 aromatic rings. The highest BCUT2D eigenvalue weighted by Gasteiger charge is 2.26. The molecule has 0 fully saturated rings. The van der Waals surface area contributed by atoms with Crippen molar-refractivity contribution in [1.29, 1.82) is 0 Å². The molecule has 2 atom stereocenters. The summed E-state index contributed by atoms with van der Waals surface area (Å²) in [4.78, 5) is 24.0. The Balaban J connectivity index is 2.57. The molecule has 0 bridgehead atoms. The zero-order valence-corrected chi connectivity index (χ0v) is 19.1. The van der Waals surface area contributed by atoms with Crippen LogP contribution >= 0.6 is 0 Å². The fraction of sp³-hybridized carbons (Fsp3) is 0.652. The van der Waals surface area contributed by atoms with Crippen LogP contribution in [0.5, 0.6) is 0 Å². The van der Waals surface area contributed by atoms with Crippen molar-refractivity contribution in [2.45, 2.75) is 78.7 Å². The quantitative estimate of drug-likeness (QED) is 0.439. The Bertz CT molecular complexity index is 648. The van der Waals surface area contributed by atoms with Crippen molar-refractivity contribution in [1.82, 2.24) is 5.32 Å². The Kier molecular flexibility index (Phi) is 10.3. The molecule has 1 rings (SSSR count). The van der Waals surface area contributed by atoms with E-state index in [2.05, 4.69) is 5.32 Å². The van der Waals surface area contributed by atoms with Crippen LogP contribution in [-0.4, -0.2) is 48.1 Å². The predicted octanol–water partition coefficient (Wildman–Crippen LogP) is 3.83. The number of rotatable bonds is 10. The smallest absolute Gasteiger partial charge is 0.408 e. The van der Waals surface area contributed by atoms with Crippen LogP contribution in [0.4, 0.5) is 4.79 Å². The highest BCUT2D eigenvalue weighted by molar-refractivity contribution is 5.75. The van der Waals surface area contributed by atoms with Gasteiger partial charge in [-0.3, -0.25) is 4.79 Å². The first-order valence-corrected chi connectivity index (χ1v) is 10.3. The van der Waals surface area contributed by atoms with Crippen molar-refractivity contribution >= 4 is 12.1 Å². The number of hydrogen-bond donors (Lipinski definition) is 2. The van der Waals surface area contributed by atoms with E-state index in [-0.39, 0.29) is 19.2 Å². The number of ether oxygens (including phenoxy) is 3. The minimum Gasteiger partial charge on any atom is -0.465 e. The molecule has 0 unspecified atom stereocenters. The van der Waals surface area contributed by atoms with E-state index in [0.717, 1.165) is 5.56 Å². The molecule has 1 amide bonds. The number of carbonyl (C=O) groups is 2. The largest absolute Gasteiger partial charge is 0.465 e. The van der Waals surface area contributed by atoms with Gasteiger partial charge in [-0.15, -0.1) is 0 Å². The number of benzene rings is 1. The summed E-state index contributed by atoms with van der Waals surface area (Å²) < 4.78 is 16.2. The first-order valence-electron chi connectivity index (χ1n) is 10.3. The van der Waals surface area contributed by atoms with Crippen molar-refractivity contribution < 1.29 is 28.9 Å². The highest BCUT2D eigenvalue weighted by atomic mass is 16.6. The van der Waals surface area contributed by atoms with E-state index in [0.29, 0.717) is 19.4 Å². The van der Waals surface area contributed by atoms with Crippen LogP contribution in [0, 0.1) is 5.41 Å². The summed E-state index contributed by atoms with van der Waals surface area (Å²) in [5.41, 5.74) is -0.215. The topological polar surface area (TPSA) is 94.1 Å². The molecule has 7 nitrogen and oxygen atoms in total. The van der Waals surface area contributed by atoms with Gasteiger partial charge in [0, 0.05) is 0 Å². The minimum atomic E-state index is -0.873. The van der Waals surface area contributed by atoms with Crippen molar-refractivity contribution in [3.8, 4) is 0 Å².